The lowest BCUT2D eigenvalue weighted by Gasteiger charge is -2.01. The maximum atomic E-state index is 13.5. The third-order valence-corrected chi connectivity index (χ3v) is 4.55. The van der Waals surface area contributed by atoms with Crippen LogP contribution >= 0.6 is 11.6 Å². The number of carboxylic acid groups (broad SMARTS) is 1. The molecule has 0 saturated heterocycles. The lowest BCUT2D eigenvalue weighted by molar-refractivity contribution is 0.0691. The fraction of sp³-hybridized carbons (Fsp3) is 0.0909. The molecule has 36 heavy (non-hydrogen) atoms. The van der Waals surface area contributed by atoms with E-state index in [1.54, 1.807) is 0 Å². The van der Waals surface area contributed by atoms with E-state index in [2.05, 4.69) is 9.97 Å². The van der Waals surface area contributed by atoms with Gasteiger partial charge in [0.15, 0.2) is 58.0 Å². The van der Waals surface area contributed by atoms with Crippen molar-refractivity contribution in [1.29, 1.82) is 0 Å². The topological polar surface area (TPSA) is 106 Å². The number of rotatable bonds is 4. The van der Waals surface area contributed by atoms with Gasteiger partial charge < -0.3 is 13.9 Å². The molecule has 188 valence electrons. The van der Waals surface area contributed by atoms with Crippen LogP contribution in [-0.2, 0) is 0 Å². The summed E-state index contributed by atoms with van der Waals surface area (Å²) in [6.45, 7) is 2.76. The minimum Gasteiger partial charge on any atom is -0.476 e. The van der Waals surface area contributed by atoms with Crippen LogP contribution in [-0.4, -0.2) is 26.3 Å². The number of oxazole rings is 2. The Bertz CT molecular complexity index is 1390. The number of carboxylic acids is 1. The Kier molecular flexibility index (Phi) is 7.53. The average Bonchev–Trinajstić information content (AvgIpc) is 3.36. The van der Waals surface area contributed by atoms with Gasteiger partial charge in [-0.1, -0.05) is 0 Å². The molecule has 14 heteroatoms. The van der Waals surface area contributed by atoms with Crippen LogP contribution in [0.3, 0.4) is 0 Å². The van der Waals surface area contributed by atoms with E-state index < -0.39 is 68.7 Å². The summed E-state index contributed by atoms with van der Waals surface area (Å²) in [5.41, 5.74) is -1.82. The van der Waals surface area contributed by atoms with Crippen LogP contribution in [0.25, 0.3) is 22.6 Å². The highest BCUT2D eigenvalue weighted by atomic mass is 35.5. The van der Waals surface area contributed by atoms with E-state index in [4.69, 9.17) is 25.5 Å². The molecule has 0 radical (unpaired) electrons. The van der Waals surface area contributed by atoms with E-state index in [1.807, 2.05) is 0 Å². The number of aryl methyl sites for hydroxylation is 2. The Morgan fingerprint density at radius 1 is 0.694 bits per heavy atom. The number of aromatic carboxylic acids is 1. The Labute approximate surface area is 202 Å². The van der Waals surface area contributed by atoms with Crippen LogP contribution in [0, 0.1) is 48.8 Å². The lowest BCUT2D eigenvalue weighted by atomic mass is 10.1. The molecule has 0 fully saturated rings. The van der Waals surface area contributed by atoms with E-state index in [1.165, 1.54) is 13.8 Å². The molecule has 2 aromatic carbocycles. The zero-order valence-corrected chi connectivity index (χ0v) is 18.7. The second-order valence-corrected chi connectivity index (χ2v) is 7.24. The highest BCUT2D eigenvalue weighted by Crippen LogP contribution is 2.30. The third kappa shape index (κ3) is 5.40. The molecule has 0 aliphatic heterocycles. The molecule has 0 atom stereocenters. The molecule has 0 aliphatic rings. The van der Waals surface area contributed by atoms with Crippen molar-refractivity contribution in [2.75, 3.05) is 0 Å². The minimum absolute atomic E-state index is 0.0217. The Balaban J connectivity index is 0.000000201. The first-order valence-electron chi connectivity index (χ1n) is 9.48. The van der Waals surface area contributed by atoms with Crippen LogP contribution in [0.4, 0.5) is 26.3 Å². The Hall–Kier alpha value is -4.13. The fourth-order valence-electron chi connectivity index (χ4n) is 2.89. The van der Waals surface area contributed by atoms with Gasteiger partial charge in [0.1, 0.15) is 11.6 Å². The minimum atomic E-state index is -1.45. The number of halogens is 7. The summed E-state index contributed by atoms with van der Waals surface area (Å²) < 4.78 is 88.6. The van der Waals surface area contributed by atoms with Crippen LogP contribution < -0.4 is 0 Å². The van der Waals surface area contributed by atoms with Gasteiger partial charge in [-0.2, -0.15) is 0 Å². The lowest BCUT2D eigenvalue weighted by Crippen LogP contribution is -2.00. The summed E-state index contributed by atoms with van der Waals surface area (Å²) >= 11 is 5.24. The molecule has 0 unspecified atom stereocenters. The van der Waals surface area contributed by atoms with E-state index in [-0.39, 0.29) is 23.2 Å². The number of carbonyl (C=O) groups is 2. The molecule has 2 aromatic heterocycles. The van der Waals surface area contributed by atoms with Gasteiger partial charge in [-0.25, -0.2) is 41.1 Å². The van der Waals surface area contributed by atoms with Crippen LogP contribution in [0.5, 0.6) is 0 Å². The monoisotopic (exact) mass is 532 g/mol. The zero-order chi connectivity index (χ0) is 26.9. The molecule has 0 saturated carbocycles. The van der Waals surface area contributed by atoms with Crippen molar-refractivity contribution in [3.63, 3.8) is 0 Å². The van der Waals surface area contributed by atoms with Gasteiger partial charge in [-0.3, -0.25) is 4.79 Å². The molecule has 2 heterocycles. The largest absolute Gasteiger partial charge is 0.476 e. The van der Waals surface area contributed by atoms with E-state index >= 15 is 0 Å². The number of aromatic nitrogens is 2. The first-order valence-corrected chi connectivity index (χ1v) is 9.85. The first kappa shape index (κ1) is 26.5. The second-order valence-electron chi connectivity index (χ2n) is 6.89. The van der Waals surface area contributed by atoms with Gasteiger partial charge in [-0.05, 0) is 23.7 Å². The second kappa shape index (κ2) is 10.2. The van der Waals surface area contributed by atoms with Crippen molar-refractivity contribution in [1.82, 2.24) is 9.97 Å². The SMILES string of the molecule is Cc1nc(C(=O)Cl)c(-c2cc(F)c(F)cc2F)o1.Cc1nc(C(=O)O)c(-c2cc(F)c(F)cc2F)o1. The predicted octanol–water partition coefficient (Wildman–Crippen LogP) is 6.21. The molecule has 4 aromatic rings. The molecule has 0 aliphatic carbocycles. The van der Waals surface area contributed by atoms with Crippen molar-refractivity contribution in [3.05, 3.63) is 82.3 Å². The van der Waals surface area contributed by atoms with Gasteiger partial charge in [0.25, 0.3) is 5.24 Å². The average molecular weight is 533 g/mol. The summed E-state index contributed by atoms with van der Waals surface area (Å²) in [6, 6.07) is 1.77. The van der Waals surface area contributed by atoms with Gasteiger partial charge in [0, 0.05) is 26.0 Å². The predicted molar refractivity (Wildman–Crippen MR) is 110 cm³/mol. The summed E-state index contributed by atoms with van der Waals surface area (Å²) in [4.78, 5) is 29.1. The molecule has 0 bridgehead atoms. The summed E-state index contributed by atoms with van der Waals surface area (Å²) in [6.07, 6.45) is 0. The number of hydrogen-bond donors (Lipinski definition) is 1. The highest BCUT2D eigenvalue weighted by Gasteiger charge is 2.24. The standard InChI is InChI=1S/C11H5ClF3NO2.C11H6F3NO3/c1-4-16-9(11(12)17)10(18-4)5-2-7(14)8(15)3-6(5)13;1-4-15-9(11(16)17)10(18-4)5-2-7(13)8(14)3-6(5)12/h2-3H,1H3;2-3H,1H3,(H,16,17). The molecule has 0 amide bonds. The van der Waals surface area contributed by atoms with Crippen LogP contribution in [0.15, 0.2) is 33.1 Å². The van der Waals surface area contributed by atoms with Gasteiger partial charge in [0.05, 0.1) is 11.1 Å². The molecule has 0 spiro atoms. The third-order valence-electron chi connectivity index (χ3n) is 4.37. The molecular weight excluding hydrogens is 522 g/mol. The summed E-state index contributed by atoms with van der Waals surface area (Å²) in [5, 5.41) is 7.86. The molecular formula is C22H11ClF6N2O5. The number of nitrogens with zero attached hydrogens (tertiary/aromatic N) is 2. The van der Waals surface area contributed by atoms with E-state index in [9.17, 15) is 35.9 Å². The number of hydrogen-bond acceptors (Lipinski definition) is 6. The molecule has 7 nitrogen and oxygen atoms in total. The smallest absolute Gasteiger partial charge is 0.358 e. The maximum Gasteiger partial charge on any atom is 0.358 e. The van der Waals surface area contributed by atoms with Gasteiger partial charge >= 0.3 is 5.97 Å². The van der Waals surface area contributed by atoms with Gasteiger partial charge in [0.2, 0.25) is 0 Å². The summed E-state index contributed by atoms with van der Waals surface area (Å²) in [7, 11) is 0. The zero-order valence-electron chi connectivity index (χ0n) is 17.9. The van der Waals surface area contributed by atoms with Crippen molar-refractivity contribution >= 4 is 22.8 Å². The normalized spacial score (nSPS) is 10.7. The van der Waals surface area contributed by atoms with Gasteiger partial charge in [-0.15, -0.1) is 0 Å². The maximum absolute atomic E-state index is 13.5. The van der Waals surface area contributed by atoms with Crippen LogP contribution in [0.2, 0.25) is 0 Å². The fourth-order valence-corrected chi connectivity index (χ4v) is 3.02. The number of benzene rings is 2. The first-order chi connectivity index (χ1) is 16.8. The molecule has 1 N–H and O–H groups in total. The number of carbonyl (C=O) groups excluding carboxylic acids is 1. The quantitative estimate of drug-likeness (QED) is 0.189. The molecule has 4 rings (SSSR count). The van der Waals surface area contributed by atoms with Crippen molar-refractivity contribution in [3.8, 4) is 22.6 Å². The van der Waals surface area contributed by atoms with Crippen molar-refractivity contribution < 1.29 is 49.9 Å². The Morgan fingerprint density at radius 2 is 1.06 bits per heavy atom. The van der Waals surface area contributed by atoms with Crippen molar-refractivity contribution in [2.45, 2.75) is 13.8 Å². The van der Waals surface area contributed by atoms with E-state index in [0.717, 1.165) is 0 Å². The van der Waals surface area contributed by atoms with E-state index in [0.29, 0.717) is 24.3 Å². The highest BCUT2D eigenvalue weighted by molar-refractivity contribution is 6.67. The summed E-state index contributed by atoms with van der Waals surface area (Å²) in [5.74, 6) is -9.70. The van der Waals surface area contributed by atoms with Crippen molar-refractivity contribution in [2.24, 2.45) is 0 Å². The Morgan fingerprint density at radius 3 is 1.44 bits per heavy atom. The van der Waals surface area contributed by atoms with Crippen LogP contribution in [0.1, 0.15) is 32.8 Å².